The summed E-state index contributed by atoms with van der Waals surface area (Å²) in [6.45, 7) is 0.760. The van der Waals surface area contributed by atoms with Gasteiger partial charge in [0.05, 0.1) is 6.54 Å². The number of nitrogens with one attached hydrogen (secondary N) is 2. The first kappa shape index (κ1) is 15.6. The molecular formula is C16H24IN3. The average Bonchev–Trinajstić information content (AvgIpc) is 3.11. The van der Waals surface area contributed by atoms with Gasteiger partial charge < -0.3 is 10.6 Å². The van der Waals surface area contributed by atoms with Crippen LogP contribution in [0.5, 0.6) is 0 Å². The maximum atomic E-state index is 4.73. The van der Waals surface area contributed by atoms with Crippen LogP contribution in [-0.4, -0.2) is 18.0 Å². The van der Waals surface area contributed by atoms with Crippen molar-refractivity contribution < 1.29 is 0 Å². The van der Waals surface area contributed by atoms with Gasteiger partial charge in [-0.25, -0.2) is 4.99 Å². The third kappa shape index (κ3) is 4.96. The molecule has 2 aliphatic carbocycles. The van der Waals surface area contributed by atoms with Crippen LogP contribution in [0.4, 0.5) is 0 Å². The normalized spacial score (nSPS) is 19.5. The molecule has 0 bridgehead atoms. The number of halogens is 1. The standard InChI is InChI=1S/C16H23N3.HI/c1-2-6-13(7-3-1)12-17-16(19-15-10-11-15)18-14-8-4-5-9-14;/h1-3,6-7,14-15H,4-5,8-12H2,(H2,17,18,19);1H. The van der Waals surface area contributed by atoms with Crippen LogP contribution in [-0.2, 0) is 6.54 Å². The number of aliphatic imine (C=N–C) groups is 1. The van der Waals surface area contributed by atoms with Gasteiger partial charge >= 0.3 is 0 Å². The van der Waals surface area contributed by atoms with Gasteiger partial charge in [0.25, 0.3) is 0 Å². The van der Waals surface area contributed by atoms with Crippen LogP contribution in [0.25, 0.3) is 0 Å². The van der Waals surface area contributed by atoms with E-state index in [9.17, 15) is 0 Å². The second kappa shape index (κ2) is 7.86. The minimum absolute atomic E-state index is 0. The van der Waals surface area contributed by atoms with Gasteiger partial charge in [-0.3, -0.25) is 0 Å². The molecule has 0 aliphatic heterocycles. The van der Waals surface area contributed by atoms with Crippen molar-refractivity contribution in [3.8, 4) is 0 Å². The summed E-state index contributed by atoms with van der Waals surface area (Å²) in [6, 6.07) is 11.7. The molecule has 110 valence electrons. The van der Waals surface area contributed by atoms with Gasteiger partial charge in [0.1, 0.15) is 0 Å². The molecule has 0 saturated heterocycles. The van der Waals surface area contributed by atoms with Crippen molar-refractivity contribution in [2.45, 2.75) is 57.2 Å². The van der Waals surface area contributed by atoms with Crippen LogP contribution in [0, 0.1) is 0 Å². The third-order valence-corrected chi connectivity index (χ3v) is 3.88. The smallest absolute Gasteiger partial charge is 0.192 e. The molecule has 0 atom stereocenters. The van der Waals surface area contributed by atoms with Gasteiger partial charge in [-0.2, -0.15) is 0 Å². The highest BCUT2D eigenvalue weighted by Crippen LogP contribution is 2.20. The molecule has 20 heavy (non-hydrogen) atoms. The number of benzene rings is 1. The van der Waals surface area contributed by atoms with Crippen molar-refractivity contribution in [2.24, 2.45) is 4.99 Å². The Labute approximate surface area is 138 Å². The van der Waals surface area contributed by atoms with Gasteiger partial charge in [-0.1, -0.05) is 43.2 Å². The Morgan fingerprint density at radius 1 is 0.950 bits per heavy atom. The molecule has 3 rings (SSSR count). The molecule has 2 aliphatic rings. The highest BCUT2D eigenvalue weighted by molar-refractivity contribution is 14.0. The number of nitrogens with zero attached hydrogens (tertiary/aromatic N) is 1. The first-order valence-corrected chi connectivity index (χ1v) is 7.51. The molecule has 0 radical (unpaired) electrons. The van der Waals surface area contributed by atoms with Crippen molar-refractivity contribution in [1.82, 2.24) is 10.6 Å². The lowest BCUT2D eigenvalue weighted by molar-refractivity contribution is 0.611. The lowest BCUT2D eigenvalue weighted by atomic mass is 10.2. The van der Waals surface area contributed by atoms with Crippen LogP contribution >= 0.6 is 24.0 Å². The van der Waals surface area contributed by atoms with Crippen molar-refractivity contribution in [3.63, 3.8) is 0 Å². The highest BCUT2D eigenvalue weighted by Gasteiger charge is 2.24. The maximum absolute atomic E-state index is 4.73. The number of guanidine groups is 1. The molecular weight excluding hydrogens is 361 g/mol. The van der Waals surface area contributed by atoms with Crippen LogP contribution in [0.3, 0.4) is 0 Å². The van der Waals surface area contributed by atoms with E-state index < -0.39 is 0 Å². The van der Waals surface area contributed by atoms with E-state index in [4.69, 9.17) is 4.99 Å². The van der Waals surface area contributed by atoms with Crippen molar-refractivity contribution in [2.75, 3.05) is 0 Å². The number of hydrogen-bond acceptors (Lipinski definition) is 1. The zero-order valence-electron chi connectivity index (χ0n) is 11.8. The molecule has 1 aromatic carbocycles. The Hall–Kier alpha value is -0.780. The molecule has 0 amide bonds. The van der Waals surface area contributed by atoms with Crippen LogP contribution < -0.4 is 10.6 Å². The predicted octanol–water partition coefficient (Wildman–Crippen LogP) is 3.44. The van der Waals surface area contributed by atoms with E-state index in [-0.39, 0.29) is 24.0 Å². The first-order chi connectivity index (χ1) is 9.40. The molecule has 0 aromatic heterocycles. The molecule has 4 heteroatoms. The number of rotatable bonds is 4. The zero-order chi connectivity index (χ0) is 12.9. The van der Waals surface area contributed by atoms with Gasteiger partial charge in [0.15, 0.2) is 5.96 Å². The SMILES string of the molecule is I.c1ccc(CN=C(NC2CCCC2)NC2CC2)cc1. The summed E-state index contributed by atoms with van der Waals surface area (Å²) in [5, 5.41) is 7.12. The van der Waals surface area contributed by atoms with Crippen LogP contribution in [0.15, 0.2) is 35.3 Å². The molecule has 2 saturated carbocycles. The Balaban J connectivity index is 0.00000147. The van der Waals surface area contributed by atoms with Crippen molar-refractivity contribution in [1.29, 1.82) is 0 Å². The van der Waals surface area contributed by atoms with Gasteiger partial charge in [-0.05, 0) is 31.2 Å². The molecule has 0 heterocycles. The second-order valence-corrected chi connectivity index (χ2v) is 5.69. The third-order valence-electron chi connectivity index (χ3n) is 3.88. The second-order valence-electron chi connectivity index (χ2n) is 5.69. The minimum Gasteiger partial charge on any atom is -0.354 e. The topological polar surface area (TPSA) is 36.4 Å². The Morgan fingerprint density at radius 3 is 2.15 bits per heavy atom. The predicted molar refractivity (Wildman–Crippen MR) is 94.5 cm³/mol. The minimum atomic E-state index is 0. The largest absolute Gasteiger partial charge is 0.354 e. The summed E-state index contributed by atoms with van der Waals surface area (Å²) in [5.74, 6) is 1.01. The summed E-state index contributed by atoms with van der Waals surface area (Å²) in [7, 11) is 0. The summed E-state index contributed by atoms with van der Waals surface area (Å²) in [6.07, 6.45) is 7.86. The fourth-order valence-corrected chi connectivity index (χ4v) is 2.57. The molecule has 2 fully saturated rings. The quantitative estimate of drug-likeness (QED) is 0.473. The van der Waals surface area contributed by atoms with E-state index in [2.05, 4.69) is 34.9 Å². The van der Waals surface area contributed by atoms with Gasteiger partial charge in [0, 0.05) is 12.1 Å². The van der Waals surface area contributed by atoms with Gasteiger partial charge in [0.2, 0.25) is 0 Å². The van der Waals surface area contributed by atoms with E-state index >= 15 is 0 Å². The fourth-order valence-electron chi connectivity index (χ4n) is 2.57. The summed E-state index contributed by atoms with van der Waals surface area (Å²) in [5.41, 5.74) is 1.27. The monoisotopic (exact) mass is 385 g/mol. The Bertz CT molecular complexity index is 423. The fraction of sp³-hybridized carbons (Fsp3) is 0.562. The van der Waals surface area contributed by atoms with E-state index in [0.29, 0.717) is 12.1 Å². The lowest BCUT2D eigenvalue weighted by Gasteiger charge is -2.17. The Morgan fingerprint density at radius 2 is 1.55 bits per heavy atom. The highest BCUT2D eigenvalue weighted by atomic mass is 127. The van der Waals surface area contributed by atoms with E-state index in [1.54, 1.807) is 0 Å². The van der Waals surface area contributed by atoms with Gasteiger partial charge in [-0.15, -0.1) is 24.0 Å². The summed E-state index contributed by atoms with van der Waals surface area (Å²) >= 11 is 0. The molecule has 1 aromatic rings. The molecule has 3 nitrogen and oxygen atoms in total. The van der Waals surface area contributed by atoms with Crippen LogP contribution in [0.2, 0.25) is 0 Å². The lowest BCUT2D eigenvalue weighted by Crippen LogP contribution is -2.43. The van der Waals surface area contributed by atoms with E-state index in [1.165, 1.54) is 44.1 Å². The number of hydrogen-bond donors (Lipinski definition) is 2. The summed E-state index contributed by atoms with van der Waals surface area (Å²) in [4.78, 5) is 4.73. The van der Waals surface area contributed by atoms with Crippen molar-refractivity contribution >= 4 is 29.9 Å². The maximum Gasteiger partial charge on any atom is 0.192 e. The molecule has 0 unspecified atom stereocenters. The van der Waals surface area contributed by atoms with Crippen LogP contribution in [0.1, 0.15) is 44.1 Å². The van der Waals surface area contributed by atoms with Crippen molar-refractivity contribution in [3.05, 3.63) is 35.9 Å². The van der Waals surface area contributed by atoms with E-state index in [0.717, 1.165) is 12.5 Å². The van der Waals surface area contributed by atoms with E-state index in [1.807, 2.05) is 6.07 Å². The Kier molecular flexibility index (Phi) is 6.13. The zero-order valence-corrected chi connectivity index (χ0v) is 14.2. The molecule has 0 spiro atoms. The average molecular weight is 385 g/mol. The summed E-state index contributed by atoms with van der Waals surface area (Å²) < 4.78 is 0. The molecule has 2 N–H and O–H groups in total. The first-order valence-electron chi connectivity index (χ1n) is 7.51.